The molecule has 90 valence electrons. The van der Waals surface area contributed by atoms with E-state index in [1.54, 1.807) is 18.0 Å². The number of halogens is 1. The number of hydrogen-bond donors (Lipinski definition) is 1. The van der Waals surface area contributed by atoms with E-state index in [2.05, 4.69) is 5.10 Å². The van der Waals surface area contributed by atoms with Gasteiger partial charge in [0.15, 0.2) is 0 Å². The van der Waals surface area contributed by atoms with E-state index < -0.39 is 0 Å². The Labute approximate surface area is 104 Å². The Hall–Kier alpha value is -1.52. The van der Waals surface area contributed by atoms with E-state index in [9.17, 15) is 0 Å². The van der Waals surface area contributed by atoms with Gasteiger partial charge in [-0.25, -0.2) is 4.68 Å². The van der Waals surface area contributed by atoms with Gasteiger partial charge in [0, 0.05) is 5.56 Å². The highest BCUT2D eigenvalue weighted by Crippen LogP contribution is 2.18. The zero-order valence-corrected chi connectivity index (χ0v) is 10.2. The SMILES string of the molecule is COc1cccc(Cn2ncc(CO)c2Cl)c1. The Morgan fingerprint density at radius 1 is 1.47 bits per heavy atom. The van der Waals surface area contributed by atoms with Crippen LogP contribution in [0, 0.1) is 0 Å². The summed E-state index contributed by atoms with van der Waals surface area (Å²) in [6.07, 6.45) is 1.57. The van der Waals surface area contributed by atoms with E-state index in [0.717, 1.165) is 11.3 Å². The third-order valence-electron chi connectivity index (χ3n) is 2.48. The first-order chi connectivity index (χ1) is 8.24. The van der Waals surface area contributed by atoms with Crippen molar-refractivity contribution < 1.29 is 9.84 Å². The molecule has 0 atom stereocenters. The molecule has 0 saturated carbocycles. The number of hydrogen-bond acceptors (Lipinski definition) is 3. The van der Waals surface area contributed by atoms with Gasteiger partial charge < -0.3 is 9.84 Å². The second kappa shape index (κ2) is 5.21. The average Bonchev–Trinajstić information content (AvgIpc) is 2.71. The molecular formula is C12H13ClN2O2. The van der Waals surface area contributed by atoms with Crippen molar-refractivity contribution in [1.82, 2.24) is 9.78 Å². The van der Waals surface area contributed by atoms with E-state index in [-0.39, 0.29) is 6.61 Å². The molecule has 17 heavy (non-hydrogen) atoms. The lowest BCUT2D eigenvalue weighted by atomic mass is 10.2. The van der Waals surface area contributed by atoms with Crippen molar-refractivity contribution in [3.63, 3.8) is 0 Å². The highest BCUT2D eigenvalue weighted by molar-refractivity contribution is 6.30. The Morgan fingerprint density at radius 2 is 2.29 bits per heavy atom. The summed E-state index contributed by atoms with van der Waals surface area (Å²) < 4.78 is 6.79. The molecule has 0 spiro atoms. The molecule has 0 radical (unpaired) electrons. The van der Waals surface area contributed by atoms with Gasteiger partial charge in [0.2, 0.25) is 0 Å². The standard InChI is InChI=1S/C12H13ClN2O2/c1-17-11-4-2-3-9(5-11)7-15-12(13)10(8-16)6-14-15/h2-6,16H,7-8H2,1H3. The van der Waals surface area contributed by atoms with E-state index in [4.69, 9.17) is 21.4 Å². The Balaban J connectivity index is 2.22. The molecule has 1 aromatic carbocycles. The van der Waals surface area contributed by atoms with E-state index in [1.807, 2.05) is 24.3 Å². The molecule has 2 aromatic rings. The minimum Gasteiger partial charge on any atom is -0.497 e. The quantitative estimate of drug-likeness (QED) is 0.906. The number of aliphatic hydroxyl groups excluding tert-OH is 1. The molecule has 0 aliphatic rings. The predicted octanol–water partition coefficient (Wildman–Crippen LogP) is 2.09. The molecule has 2 rings (SSSR count). The van der Waals surface area contributed by atoms with Gasteiger partial charge in [0.1, 0.15) is 10.9 Å². The number of benzene rings is 1. The first kappa shape index (κ1) is 12.0. The highest BCUT2D eigenvalue weighted by atomic mass is 35.5. The lowest BCUT2D eigenvalue weighted by molar-refractivity contribution is 0.282. The lowest BCUT2D eigenvalue weighted by Crippen LogP contribution is -2.02. The fourth-order valence-corrected chi connectivity index (χ4v) is 1.78. The summed E-state index contributed by atoms with van der Waals surface area (Å²) in [5, 5.41) is 13.6. The van der Waals surface area contributed by atoms with Gasteiger partial charge in [-0.05, 0) is 17.7 Å². The number of methoxy groups -OCH3 is 1. The van der Waals surface area contributed by atoms with Crippen LogP contribution in [0.15, 0.2) is 30.5 Å². The van der Waals surface area contributed by atoms with Crippen molar-refractivity contribution in [2.45, 2.75) is 13.2 Å². The molecule has 0 saturated heterocycles. The van der Waals surface area contributed by atoms with Crippen LogP contribution in [-0.2, 0) is 13.2 Å². The van der Waals surface area contributed by atoms with Gasteiger partial charge >= 0.3 is 0 Å². The molecule has 0 aliphatic carbocycles. The van der Waals surface area contributed by atoms with Crippen molar-refractivity contribution in [3.05, 3.63) is 46.7 Å². The summed E-state index contributed by atoms with van der Waals surface area (Å²) in [6.45, 7) is 0.451. The second-order valence-electron chi connectivity index (χ2n) is 3.63. The minimum absolute atomic E-state index is 0.100. The molecule has 0 fully saturated rings. The number of ether oxygens (including phenoxy) is 1. The number of aromatic nitrogens is 2. The van der Waals surface area contributed by atoms with Crippen molar-refractivity contribution in [3.8, 4) is 5.75 Å². The molecule has 1 aromatic heterocycles. The number of aliphatic hydroxyl groups is 1. The van der Waals surface area contributed by atoms with Crippen molar-refractivity contribution in [1.29, 1.82) is 0 Å². The zero-order valence-electron chi connectivity index (χ0n) is 9.43. The maximum Gasteiger partial charge on any atom is 0.132 e. The summed E-state index contributed by atoms with van der Waals surface area (Å²) in [4.78, 5) is 0. The fraction of sp³-hybridized carbons (Fsp3) is 0.250. The second-order valence-corrected chi connectivity index (χ2v) is 3.99. The molecule has 0 aliphatic heterocycles. The number of rotatable bonds is 4. The molecule has 0 amide bonds. The van der Waals surface area contributed by atoms with Gasteiger partial charge in [0.05, 0.1) is 26.5 Å². The highest BCUT2D eigenvalue weighted by Gasteiger charge is 2.07. The maximum absolute atomic E-state index is 9.02. The Kier molecular flexibility index (Phi) is 3.66. The topological polar surface area (TPSA) is 47.3 Å². The molecule has 4 nitrogen and oxygen atoms in total. The predicted molar refractivity (Wildman–Crippen MR) is 65.3 cm³/mol. The van der Waals surface area contributed by atoms with Crippen LogP contribution in [0.1, 0.15) is 11.1 Å². The normalized spacial score (nSPS) is 10.5. The van der Waals surface area contributed by atoms with Gasteiger partial charge in [-0.3, -0.25) is 0 Å². The van der Waals surface area contributed by atoms with Crippen LogP contribution in [0.2, 0.25) is 5.15 Å². The molecule has 0 bridgehead atoms. The van der Waals surface area contributed by atoms with Crippen molar-refractivity contribution in [2.24, 2.45) is 0 Å². The van der Waals surface area contributed by atoms with Gasteiger partial charge in [-0.15, -0.1) is 0 Å². The van der Waals surface area contributed by atoms with Gasteiger partial charge in [-0.1, -0.05) is 23.7 Å². The van der Waals surface area contributed by atoms with Crippen LogP contribution >= 0.6 is 11.6 Å². The average molecular weight is 253 g/mol. The van der Waals surface area contributed by atoms with Crippen molar-refractivity contribution in [2.75, 3.05) is 7.11 Å². The third-order valence-corrected chi connectivity index (χ3v) is 2.92. The molecule has 1 heterocycles. The Morgan fingerprint density at radius 3 is 2.94 bits per heavy atom. The monoisotopic (exact) mass is 252 g/mol. The van der Waals surface area contributed by atoms with Crippen LogP contribution < -0.4 is 4.74 Å². The number of nitrogens with zero attached hydrogens (tertiary/aromatic N) is 2. The van der Waals surface area contributed by atoms with Crippen LogP contribution in [-0.4, -0.2) is 22.0 Å². The first-order valence-corrected chi connectivity index (χ1v) is 5.56. The molecule has 0 unspecified atom stereocenters. The first-order valence-electron chi connectivity index (χ1n) is 5.18. The van der Waals surface area contributed by atoms with E-state index in [1.165, 1.54) is 0 Å². The van der Waals surface area contributed by atoms with Crippen LogP contribution in [0.25, 0.3) is 0 Å². The zero-order chi connectivity index (χ0) is 12.3. The Bertz CT molecular complexity index is 511. The van der Waals surface area contributed by atoms with Gasteiger partial charge in [-0.2, -0.15) is 5.10 Å². The maximum atomic E-state index is 9.02. The van der Waals surface area contributed by atoms with E-state index >= 15 is 0 Å². The molecule has 5 heteroatoms. The third kappa shape index (κ3) is 2.60. The van der Waals surface area contributed by atoms with Crippen LogP contribution in [0.5, 0.6) is 5.75 Å². The van der Waals surface area contributed by atoms with Crippen molar-refractivity contribution >= 4 is 11.6 Å². The summed E-state index contributed by atoms with van der Waals surface area (Å²) in [6, 6.07) is 7.70. The largest absolute Gasteiger partial charge is 0.497 e. The van der Waals surface area contributed by atoms with Crippen LogP contribution in [0.4, 0.5) is 0 Å². The smallest absolute Gasteiger partial charge is 0.132 e. The summed E-state index contributed by atoms with van der Waals surface area (Å²) in [7, 11) is 1.63. The molecule has 1 N–H and O–H groups in total. The molecular weight excluding hydrogens is 240 g/mol. The van der Waals surface area contributed by atoms with Crippen LogP contribution in [0.3, 0.4) is 0 Å². The lowest BCUT2D eigenvalue weighted by Gasteiger charge is -2.06. The summed E-state index contributed by atoms with van der Waals surface area (Å²) in [5.41, 5.74) is 1.67. The minimum atomic E-state index is -0.100. The van der Waals surface area contributed by atoms with Gasteiger partial charge in [0.25, 0.3) is 0 Å². The summed E-state index contributed by atoms with van der Waals surface area (Å²) >= 11 is 6.06. The summed E-state index contributed by atoms with van der Waals surface area (Å²) in [5.74, 6) is 0.799. The van der Waals surface area contributed by atoms with E-state index in [0.29, 0.717) is 17.3 Å². The fourth-order valence-electron chi connectivity index (χ4n) is 1.57.